The van der Waals surface area contributed by atoms with Crippen LogP contribution in [0.2, 0.25) is 0 Å². The summed E-state index contributed by atoms with van der Waals surface area (Å²) >= 11 is 0. The molecule has 0 N–H and O–H groups in total. The Hall–Kier alpha value is -1.43. The quantitative estimate of drug-likeness (QED) is 0.346. The molecule has 1 heterocycles. The van der Waals surface area contributed by atoms with Gasteiger partial charge in [-0.1, -0.05) is 49.3 Å². The molecule has 2 rings (SSSR count). The van der Waals surface area contributed by atoms with Gasteiger partial charge in [-0.2, -0.15) is 0 Å². The molecule has 0 saturated carbocycles. The van der Waals surface area contributed by atoms with Crippen LogP contribution in [0.4, 0.5) is 0 Å². The summed E-state index contributed by atoms with van der Waals surface area (Å²) in [5.74, 6) is 0. The normalized spacial score (nSPS) is 18.9. The van der Waals surface area contributed by atoms with Crippen LogP contribution in [0.3, 0.4) is 0 Å². The molecule has 5 nitrogen and oxygen atoms in total. The fourth-order valence-electron chi connectivity index (χ4n) is 4.24. The van der Waals surface area contributed by atoms with Crippen LogP contribution >= 0.6 is 0 Å². The smallest absolute Gasteiger partial charge is 0.116 e. The van der Waals surface area contributed by atoms with Crippen molar-refractivity contribution in [1.29, 1.82) is 0 Å². The SMILES string of the molecule is CCCO/N=C(\C(C)(C)N1CCOCC1)C(CC)(Cc1ccccc1)N(C)C. The number of nitrogens with zero attached hydrogens (tertiary/aromatic N) is 3. The molecule has 1 aromatic rings. The van der Waals surface area contributed by atoms with Crippen molar-refractivity contribution in [2.75, 3.05) is 47.0 Å². The molecule has 0 aliphatic carbocycles. The van der Waals surface area contributed by atoms with Gasteiger partial charge in [0.05, 0.1) is 30.0 Å². The Balaban J connectivity index is 2.50. The summed E-state index contributed by atoms with van der Waals surface area (Å²) in [7, 11) is 4.33. The van der Waals surface area contributed by atoms with Crippen LogP contribution in [0.15, 0.2) is 35.5 Å². The topological polar surface area (TPSA) is 37.3 Å². The first-order chi connectivity index (χ1) is 13.4. The van der Waals surface area contributed by atoms with Gasteiger partial charge < -0.3 is 9.57 Å². The highest BCUT2D eigenvalue weighted by atomic mass is 16.6. The van der Waals surface area contributed by atoms with E-state index in [-0.39, 0.29) is 11.1 Å². The molecule has 1 atom stereocenters. The van der Waals surface area contributed by atoms with Crippen LogP contribution in [0, 0.1) is 0 Å². The molecule has 0 bridgehead atoms. The maximum Gasteiger partial charge on any atom is 0.116 e. The van der Waals surface area contributed by atoms with Crippen LogP contribution in [0.25, 0.3) is 0 Å². The Kier molecular flexibility index (Phi) is 8.47. The summed E-state index contributed by atoms with van der Waals surface area (Å²) < 4.78 is 5.61. The van der Waals surface area contributed by atoms with Crippen molar-refractivity contribution in [2.45, 2.75) is 58.0 Å². The maximum atomic E-state index is 5.82. The molecule has 0 radical (unpaired) electrons. The number of morpholine rings is 1. The third-order valence-corrected chi connectivity index (χ3v) is 6.05. The van der Waals surface area contributed by atoms with Crippen molar-refractivity contribution in [3.8, 4) is 0 Å². The lowest BCUT2D eigenvalue weighted by Gasteiger charge is -2.50. The molecule has 0 aromatic heterocycles. The zero-order chi connectivity index (χ0) is 20.6. The monoisotopic (exact) mass is 389 g/mol. The first-order valence-corrected chi connectivity index (χ1v) is 10.6. The molecule has 1 saturated heterocycles. The Labute approximate surface area is 171 Å². The Morgan fingerprint density at radius 1 is 1.14 bits per heavy atom. The number of ether oxygens (including phenoxy) is 1. The van der Waals surface area contributed by atoms with Gasteiger partial charge in [-0.3, -0.25) is 9.80 Å². The first-order valence-electron chi connectivity index (χ1n) is 10.6. The lowest BCUT2D eigenvalue weighted by molar-refractivity contribution is 0.00437. The lowest BCUT2D eigenvalue weighted by atomic mass is 9.74. The average Bonchev–Trinajstić information content (AvgIpc) is 2.71. The van der Waals surface area contributed by atoms with E-state index in [9.17, 15) is 0 Å². The second-order valence-electron chi connectivity index (χ2n) is 8.37. The van der Waals surface area contributed by atoms with E-state index >= 15 is 0 Å². The fraction of sp³-hybridized carbons (Fsp3) is 0.696. The molecule has 158 valence electrons. The lowest BCUT2D eigenvalue weighted by Crippen LogP contribution is -2.65. The van der Waals surface area contributed by atoms with E-state index in [0.29, 0.717) is 6.61 Å². The van der Waals surface area contributed by atoms with Gasteiger partial charge in [-0.05, 0) is 52.8 Å². The van der Waals surface area contributed by atoms with E-state index in [0.717, 1.165) is 51.3 Å². The van der Waals surface area contributed by atoms with Gasteiger partial charge >= 0.3 is 0 Å². The van der Waals surface area contributed by atoms with E-state index < -0.39 is 0 Å². The number of oxime groups is 1. The summed E-state index contributed by atoms with van der Waals surface area (Å²) in [5, 5.41) is 4.81. The summed E-state index contributed by atoms with van der Waals surface area (Å²) in [6.07, 6.45) is 2.81. The number of rotatable bonds is 10. The second kappa shape index (κ2) is 10.4. The predicted octanol–water partition coefficient (Wildman–Crippen LogP) is 3.83. The molecule has 1 aromatic carbocycles. The van der Waals surface area contributed by atoms with E-state index in [1.54, 1.807) is 0 Å². The van der Waals surface area contributed by atoms with Gasteiger partial charge in [0.2, 0.25) is 0 Å². The molecule has 0 spiro atoms. The van der Waals surface area contributed by atoms with Crippen LogP contribution in [-0.4, -0.2) is 73.6 Å². The summed E-state index contributed by atoms with van der Waals surface area (Å²) in [4.78, 5) is 10.6. The molecule has 28 heavy (non-hydrogen) atoms. The predicted molar refractivity (Wildman–Crippen MR) is 117 cm³/mol. The molecular weight excluding hydrogens is 350 g/mol. The number of hydrogen-bond acceptors (Lipinski definition) is 5. The zero-order valence-corrected chi connectivity index (χ0v) is 18.7. The standard InChI is InChI=1S/C23H39N3O2/c1-7-16-28-24-21(22(3,4)26-14-17-27-18-15-26)23(8-2,25(5)6)19-20-12-10-9-11-13-20/h9-13H,7-8,14-19H2,1-6H3/b24-21+. The van der Waals surface area contributed by atoms with Crippen LogP contribution in [0.5, 0.6) is 0 Å². The van der Waals surface area contributed by atoms with Gasteiger partial charge in [0.15, 0.2) is 0 Å². The Morgan fingerprint density at radius 2 is 1.79 bits per heavy atom. The molecule has 1 aliphatic rings. The summed E-state index contributed by atoms with van der Waals surface area (Å²) in [6, 6.07) is 10.7. The van der Waals surface area contributed by atoms with E-state index in [4.69, 9.17) is 14.7 Å². The molecule has 5 heteroatoms. The Morgan fingerprint density at radius 3 is 2.32 bits per heavy atom. The van der Waals surface area contributed by atoms with Crippen molar-refractivity contribution in [1.82, 2.24) is 9.80 Å². The van der Waals surface area contributed by atoms with Gasteiger partial charge in [-0.15, -0.1) is 0 Å². The number of benzene rings is 1. The van der Waals surface area contributed by atoms with Crippen molar-refractivity contribution >= 4 is 5.71 Å². The number of hydrogen-bond donors (Lipinski definition) is 0. The van der Waals surface area contributed by atoms with Crippen molar-refractivity contribution < 1.29 is 9.57 Å². The first kappa shape index (κ1) is 22.9. The minimum atomic E-state index is -0.230. The highest BCUT2D eigenvalue weighted by molar-refractivity contribution is 6.00. The van der Waals surface area contributed by atoms with Crippen molar-refractivity contribution in [3.05, 3.63) is 35.9 Å². The summed E-state index contributed by atoms with van der Waals surface area (Å²) in [5.41, 5.74) is 1.97. The Bertz CT molecular complexity index is 610. The van der Waals surface area contributed by atoms with Crippen molar-refractivity contribution in [3.63, 3.8) is 0 Å². The van der Waals surface area contributed by atoms with Gasteiger partial charge in [-0.25, -0.2) is 0 Å². The van der Waals surface area contributed by atoms with Crippen LogP contribution < -0.4 is 0 Å². The molecule has 1 aliphatic heterocycles. The van der Waals surface area contributed by atoms with E-state index in [1.807, 2.05) is 0 Å². The third-order valence-electron chi connectivity index (χ3n) is 6.05. The highest BCUT2D eigenvalue weighted by Crippen LogP contribution is 2.33. The second-order valence-corrected chi connectivity index (χ2v) is 8.37. The average molecular weight is 390 g/mol. The van der Waals surface area contributed by atoms with E-state index in [2.05, 4.69) is 81.9 Å². The number of likely N-dealkylation sites (N-methyl/N-ethyl adjacent to an activating group) is 1. The molecule has 0 amide bonds. The minimum Gasteiger partial charge on any atom is -0.396 e. The largest absolute Gasteiger partial charge is 0.396 e. The van der Waals surface area contributed by atoms with Gasteiger partial charge in [0.25, 0.3) is 0 Å². The minimum absolute atomic E-state index is 0.225. The van der Waals surface area contributed by atoms with Gasteiger partial charge in [0.1, 0.15) is 6.61 Å². The zero-order valence-electron chi connectivity index (χ0n) is 18.7. The molecule has 1 unspecified atom stereocenters. The van der Waals surface area contributed by atoms with E-state index in [1.165, 1.54) is 5.56 Å². The highest BCUT2D eigenvalue weighted by Gasteiger charge is 2.47. The van der Waals surface area contributed by atoms with Crippen molar-refractivity contribution in [2.24, 2.45) is 5.16 Å². The van der Waals surface area contributed by atoms with Gasteiger partial charge in [0, 0.05) is 13.1 Å². The fourth-order valence-corrected chi connectivity index (χ4v) is 4.24. The van der Waals surface area contributed by atoms with Crippen LogP contribution in [-0.2, 0) is 16.0 Å². The maximum absolute atomic E-state index is 5.82. The van der Waals surface area contributed by atoms with Crippen LogP contribution in [0.1, 0.15) is 46.1 Å². The molecular formula is C23H39N3O2. The summed E-state index contributed by atoms with van der Waals surface area (Å²) in [6.45, 7) is 13.0. The molecule has 1 fully saturated rings. The third kappa shape index (κ3) is 5.13.